The molecule has 0 fully saturated rings. The third kappa shape index (κ3) is 5.07. The molecule has 0 bridgehead atoms. The Balaban J connectivity index is 2.11. The zero-order valence-corrected chi connectivity index (χ0v) is 18.7. The predicted molar refractivity (Wildman–Crippen MR) is 119 cm³/mol. The molecule has 1 heterocycles. The second-order valence-electron chi connectivity index (χ2n) is 7.47. The van der Waals surface area contributed by atoms with E-state index in [9.17, 15) is 18.0 Å². The molecule has 1 aromatic heterocycles. The molecule has 3 rings (SSSR count). The van der Waals surface area contributed by atoms with Crippen molar-refractivity contribution in [2.75, 3.05) is 20.0 Å². The zero-order valence-electron chi connectivity index (χ0n) is 17.9. The molecular weight excluding hydrogens is 420 g/mol. The molecule has 0 unspecified atom stereocenters. The summed E-state index contributed by atoms with van der Waals surface area (Å²) in [5, 5.41) is 0.241. The fourth-order valence-corrected chi connectivity index (χ4v) is 4.01. The number of esters is 1. The van der Waals surface area contributed by atoms with E-state index < -0.39 is 21.2 Å². The summed E-state index contributed by atoms with van der Waals surface area (Å²) >= 11 is 0. The summed E-state index contributed by atoms with van der Waals surface area (Å²) in [6, 6.07) is 7.08. The molecule has 2 aromatic carbocycles. The lowest BCUT2D eigenvalue weighted by Gasteiger charge is -2.11. The number of carbonyl (C=O) groups excluding carboxylic acids is 1. The lowest BCUT2D eigenvalue weighted by molar-refractivity contribution is 0.0601. The van der Waals surface area contributed by atoms with Crippen molar-refractivity contribution in [2.45, 2.75) is 43.9 Å². The van der Waals surface area contributed by atoms with Crippen LogP contribution in [-0.2, 0) is 14.6 Å². The first-order valence-electron chi connectivity index (χ1n) is 10.2. The molecule has 7 nitrogen and oxygen atoms in total. The van der Waals surface area contributed by atoms with Gasteiger partial charge in [0.05, 0.1) is 34.9 Å². The second-order valence-corrected chi connectivity index (χ2v) is 9.48. The van der Waals surface area contributed by atoms with Gasteiger partial charge in [0.2, 0.25) is 5.43 Å². The van der Waals surface area contributed by atoms with Crippen molar-refractivity contribution in [3.8, 4) is 5.75 Å². The molecule has 0 amide bonds. The summed E-state index contributed by atoms with van der Waals surface area (Å²) in [4.78, 5) is 25.0. The van der Waals surface area contributed by atoms with Gasteiger partial charge in [0.1, 0.15) is 5.58 Å². The highest BCUT2D eigenvalue weighted by molar-refractivity contribution is 7.90. The fraction of sp³-hybridized carbons (Fsp3) is 0.391. The van der Waals surface area contributed by atoms with Crippen LogP contribution in [0.3, 0.4) is 0 Å². The fourth-order valence-electron chi connectivity index (χ4n) is 3.36. The topological polar surface area (TPSA) is 99.9 Å². The van der Waals surface area contributed by atoms with Crippen molar-refractivity contribution >= 4 is 37.7 Å². The van der Waals surface area contributed by atoms with Crippen molar-refractivity contribution < 1.29 is 27.1 Å². The number of sulfone groups is 1. The normalized spacial score (nSPS) is 11.7. The van der Waals surface area contributed by atoms with Gasteiger partial charge >= 0.3 is 5.97 Å². The maximum atomic E-state index is 13.2. The van der Waals surface area contributed by atoms with Crippen LogP contribution >= 0.6 is 0 Å². The standard InChI is InChI=1S/C23H26O7S/c1-4-5-6-7-8-11-29-20-14-16(31(3,26)27)13-18-21(24)17-12-15(23(25)28-2)9-10-19(17)30-22(18)20/h9-10,12-14H,4-8,11H2,1-3H3. The summed E-state index contributed by atoms with van der Waals surface area (Å²) in [6.07, 6.45) is 6.28. The van der Waals surface area contributed by atoms with Crippen molar-refractivity contribution in [1.29, 1.82) is 0 Å². The highest BCUT2D eigenvalue weighted by Crippen LogP contribution is 2.31. The summed E-state index contributed by atoms with van der Waals surface area (Å²) in [6.45, 7) is 2.52. The Morgan fingerprint density at radius 3 is 2.45 bits per heavy atom. The lowest BCUT2D eigenvalue weighted by Crippen LogP contribution is -2.09. The van der Waals surface area contributed by atoms with E-state index in [4.69, 9.17) is 13.9 Å². The molecule has 0 saturated heterocycles. The van der Waals surface area contributed by atoms with Gasteiger partial charge in [-0.3, -0.25) is 4.79 Å². The van der Waals surface area contributed by atoms with Crippen LogP contribution < -0.4 is 10.2 Å². The average Bonchev–Trinajstić information content (AvgIpc) is 2.75. The van der Waals surface area contributed by atoms with Crippen molar-refractivity contribution in [1.82, 2.24) is 0 Å². The first-order chi connectivity index (χ1) is 14.8. The first kappa shape index (κ1) is 22.8. The number of hydrogen-bond acceptors (Lipinski definition) is 7. The van der Waals surface area contributed by atoms with Gasteiger partial charge in [-0.05, 0) is 30.7 Å². The van der Waals surface area contributed by atoms with Crippen LogP contribution in [0, 0.1) is 0 Å². The summed E-state index contributed by atoms with van der Waals surface area (Å²) < 4.78 is 40.8. The molecule has 0 radical (unpaired) electrons. The van der Waals surface area contributed by atoms with Crippen LogP contribution in [0.4, 0.5) is 0 Å². The Morgan fingerprint density at radius 1 is 1.03 bits per heavy atom. The van der Waals surface area contributed by atoms with Crippen molar-refractivity contribution in [3.63, 3.8) is 0 Å². The van der Waals surface area contributed by atoms with Gasteiger partial charge < -0.3 is 13.9 Å². The highest BCUT2D eigenvalue weighted by atomic mass is 32.2. The van der Waals surface area contributed by atoms with E-state index in [1.54, 1.807) is 0 Å². The maximum Gasteiger partial charge on any atom is 0.337 e. The Morgan fingerprint density at radius 2 is 1.77 bits per heavy atom. The third-order valence-electron chi connectivity index (χ3n) is 5.06. The van der Waals surface area contributed by atoms with Gasteiger partial charge in [0, 0.05) is 12.3 Å². The van der Waals surface area contributed by atoms with E-state index in [0.717, 1.165) is 38.4 Å². The van der Waals surface area contributed by atoms with Gasteiger partial charge in [-0.25, -0.2) is 13.2 Å². The van der Waals surface area contributed by atoms with Crippen molar-refractivity contribution in [3.05, 3.63) is 46.1 Å². The number of carbonyl (C=O) groups is 1. The van der Waals surface area contributed by atoms with Gasteiger partial charge in [0.15, 0.2) is 21.2 Å². The number of fused-ring (bicyclic) bond motifs is 2. The molecule has 3 aromatic rings. The van der Waals surface area contributed by atoms with E-state index >= 15 is 0 Å². The number of unbranched alkanes of at least 4 members (excludes halogenated alkanes) is 4. The summed E-state index contributed by atoms with van der Waals surface area (Å²) in [7, 11) is -2.34. The number of ether oxygens (including phenoxy) is 2. The molecule has 0 spiro atoms. The first-order valence-corrected chi connectivity index (χ1v) is 12.1. The Bertz CT molecular complexity index is 1270. The SMILES string of the molecule is CCCCCCCOc1cc(S(C)(=O)=O)cc2c(=O)c3cc(C(=O)OC)ccc3oc12. The van der Waals surface area contributed by atoms with Crippen LogP contribution in [0.2, 0.25) is 0 Å². The van der Waals surface area contributed by atoms with Crippen LogP contribution in [-0.4, -0.2) is 34.4 Å². The maximum absolute atomic E-state index is 13.2. The molecule has 166 valence electrons. The molecule has 0 N–H and O–H groups in total. The number of hydrogen-bond donors (Lipinski definition) is 0. The van der Waals surface area contributed by atoms with Gasteiger partial charge in [-0.1, -0.05) is 32.6 Å². The minimum absolute atomic E-state index is 0.0308. The minimum Gasteiger partial charge on any atom is -0.490 e. The largest absolute Gasteiger partial charge is 0.490 e. The molecule has 0 aliphatic rings. The van der Waals surface area contributed by atoms with Gasteiger partial charge in [-0.15, -0.1) is 0 Å². The second kappa shape index (κ2) is 9.51. The quantitative estimate of drug-likeness (QED) is 0.271. The number of rotatable bonds is 9. The minimum atomic E-state index is -3.59. The number of methoxy groups -OCH3 is 1. The average molecular weight is 447 g/mol. The molecular formula is C23H26O7S. The highest BCUT2D eigenvalue weighted by Gasteiger charge is 2.19. The summed E-state index contributed by atoms with van der Waals surface area (Å²) in [5.41, 5.74) is 0.207. The van der Waals surface area contributed by atoms with Gasteiger partial charge in [-0.2, -0.15) is 0 Å². The monoisotopic (exact) mass is 446 g/mol. The third-order valence-corrected chi connectivity index (χ3v) is 6.16. The van der Waals surface area contributed by atoms with Gasteiger partial charge in [0.25, 0.3) is 0 Å². The van der Waals surface area contributed by atoms with E-state index in [2.05, 4.69) is 6.92 Å². The van der Waals surface area contributed by atoms with E-state index in [1.165, 1.54) is 37.4 Å². The lowest BCUT2D eigenvalue weighted by atomic mass is 10.1. The van der Waals surface area contributed by atoms with Crippen LogP contribution in [0.1, 0.15) is 49.4 Å². The smallest absolute Gasteiger partial charge is 0.337 e. The Hall–Kier alpha value is -2.87. The molecule has 0 aliphatic heterocycles. The molecule has 0 aliphatic carbocycles. The Kier molecular flexibility index (Phi) is 7.00. The van der Waals surface area contributed by atoms with E-state index in [-0.39, 0.29) is 38.1 Å². The zero-order chi connectivity index (χ0) is 22.6. The Labute approximate surface area is 180 Å². The van der Waals surface area contributed by atoms with Crippen molar-refractivity contribution in [2.24, 2.45) is 0 Å². The molecule has 8 heteroatoms. The van der Waals surface area contributed by atoms with Crippen LogP contribution in [0.15, 0.2) is 44.4 Å². The predicted octanol–water partition coefficient (Wildman–Crippen LogP) is 4.49. The van der Waals surface area contributed by atoms with E-state index in [0.29, 0.717) is 6.61 Å². The van der Waals surface area contributed by atoms with Crippen LogP contribution in [0.25, 0.3) is 21.9 Å². The van der Waals surface area contributed by atoms with Crippen LogP contribution in [0.5, 0.6) is 5.75 Å². The molecule has 31 heavy (non-hydrogen) atoms. The molecule has 0 saturated carbocycles. The number of benzene rings is 2. The summed E-state index contributed by atoms with van der Waals surface area (Å²) in [5.74, 6) is -0.372. The van der Waals surface area contributed by atoms with E-state index in [1.807, 2.05) is 0 Å². The molecule has 0 atom stereocenters.